The molecule has 142 valence electrons. The van der Waals surface area contributed by atoms with Crippen molar-refractivity contribution >= 4 is 48.2 Å². The van der Waals surface area contributed by atoms with Crippen LogP contribution in [0, 0.1) is 0 Å². The number of halogens is 1. The summed E-state index contributed by atoms with van der Waals surface area (Å²) in [5.74, 6) is -0.0275. The van der Waals surface area contributed by atoms with E-state index in [9.17, 15) is 13.2 Å². The van der Waals surface area contributed by atoms with Crippen molar-refractivity contribution in [3.63, 3.8) is 0 Å². The Morgan fingerprint density at radius 1 is 1.22 bits per heavy atom. The Balaban J connectivity index is 1.39. The predicted octanol–water partition coefficient (Wildman–Crippen LogP) is 2.23. The molecule has 3 aromatic rings. The van der Waals surface area contributed by atoms with Gasteiger partial charge in [-0.2, -0.15) is 4.31 Å². The predicted molar refractivity (Wildman–Crippen MR) is 106 cm³/mol. The van der Waals surface area contributed by atoms with Gasteiger partial charge in [-0.05, 0) is 18.2 Å². The number of sulfonamides is 1. The number of rotatable bonds is 4. The molecule has 0 aliphatic carbocycles. The lowest BCUT2D eigenvalue weighted by Gasteiger charge is -2.34. The molecule has 1 fully saturated rings. The van der Waals surface area contributed by atoms with Crippen LogP contribution in [0.2, 0.25) is 0 Å². The molecule has 1 aromatic carbocycles. The molecule has 0 radical (unpaired) electrons. The summed E-state index contributed by atoms with van der Waals surface area (Å²) in [4.78, 5) is 19.8. The van der Waals surface area contributed by atoms with Crippen LogP contribution in [0.1, 0.15) is 5.69 Å². The molecule has 3 heterocycles. The van der Waals surface area contributed by atoms with Gasteiger partial charge < -0.3 is 4.90 Å². The molecule has 0 bridgehead atoms. The zero-order chi connectivity index (χ0) is 19.0. The van der Waals surface area contributed by atoms with E-state index < -0.39 is 10.0 Å². The molecule has 0 spiro atoms. The van der Waals surface area contributed by atoms with E-state index in [2.05, 4.69) is 20.9 Å². The van der Waals surface area contributed by atoms with E-state index >= 15 is 0 Å². The molecule has 10 heteroatoms. The molecule has 0 unspecified atom stereocenters. The lowest BCUT2D eigenvalue weighted by atomic mass is 10.2. The van der Waals surface area contributed by atoms with E-state index in [1.807, 2.05) is 22.2 Å². The van der Waals surface area contributed by atoms with Gasteiger partial charge in [-0.1, -0.05) is 22.0 Å². The highest BCUT2D eigenvalue weighted by atomic mass is 79.9. The fourth-order valence-electron chi connectivity index (χ4n) is 3.08. The van der Waals surface area contributed by atoms with E-state index in [0.29, 0.717) is 26.2 Å². The average Bonchev–Trinajstić information content (AvgIpc) is 3.23. The highest BCUT2D eigenvalue weighted by Gasteiger charge is 2.30. The van der Waals surface area contributed by atoms with Gasteiger partial charge in [0.2, 0.25) is 15.9 Å². The first-order chi connectivity index (χ1) is 12.9. The van der Waals surface area contributed by atoms with Crippen LogP contribution in [0.3, 0.4) is 0 Å². The normalized spacial score (nSPS) is 16.1. The molecule has 27 heavy (non-hydrogen) atoms. The second-order valence-corrected chi connectivity index (χ2v) is 9.97. The Kier molecular flexibility index (Phi) is 5.06. The van der Waals surface area contributed by atoms with Crippen LogP contribution in [0.5, 0.6) is 0 Å². The first-order valence-corrected chi connectivity index (χ1v) is 11.5. The number of hydrogen-bond acceptors (Lipinski definition) is 5. The Morgan fingerprint density at radius 2 is 2.00 bits per heavy atom. The number of nitrogens with zero attached hydrogens (tertiary/aromatic N) is 4. The van der Waals surface area contributed by atoms with Crippen LogP contribution in [0.4, 0.5) is 0 Å². The molecule has 1 aliphatic rings. The van der Waals surface area contributed by atoms with E-state index in [1.54, 1.807) is 29.2 Å². The largest absolute Gasteiger partial charge is 0.340 e. The molecule has 1 aliphatic heterocycles. The summed E-state index contributed by atoms with van der Waals surface area (Å²) in [6.07, 6.45) is 4.00. The van der Waals surface area contributed by atoms with Crippen molar-refractivity contribution in [3.8, 4) is 0 Å². The zero-order valence-electron chi connectivity index (χ0n) is 14.3. The zero-order valence-corrected chi connectivity index (χ0v) is 17.5. The maximum Gasteiger partial charge on any atom is 0.243 e. The molecule has 2 aromatic heterocycles. The number of hydrogen-bond donors (Lipinski definition) is 0. The van der Waals surface area contributed by atoms with Crippen molar-refractivity contribution in [3.05, 3.63) is 52.2 Å². The maximum absolute atomic E-state index is 12.8. The summed E-state index contributed by atoms with van der Waals surface area (Å²) in [5.41, 5.74) is 0.732. The van der Waals surface area contributed by atoms with Crippen LogP contribution < -0.4 is 0 Å². The topological polar surface area (TPSA) is 75.0 Å². The number of thiazole rings is 1. The monoisotopic (exact) mass is 468 g/mol. The van der Waals surface area contributed by atoms with Crippen LogP contribution >= 0.6 is 27.3 Å². The fraction of sp³-hybridized carbons (Fsp3) is 0.294. The third kappa shape index (κ3) is 3.79. The van der Waals surface area contributed by atoms with Gasteiger partial charge in [0.15, 0.2) is 4.96 Å². The van der Waals surface area contributed by atoms with Crippen molar-refractivity contribution in [2.75, 3.05) is 26.2 Å². The first-order valence-electron chi connectivity index (χ1n) is 8.38. The minimum Gasteiger partial charge on any atom is -0.340 e. The maximum atomic E-state index is 12.8. The van der Waals surface area contributed by atoms with Gasteiger partial charge in [-0.25, -0.2) is 13.4 Å². The summed E-state index contributed by atoms with van der Waals surface area (Å²) in [5, 5.41) is 1.94. The van der Waals surface area contributed by atoms with Gasteiger partial charge in [0.05, 0.1) is 17.0 Å². The fourth-order valence-corrected chi connectivity index (χ4v) is 5.82. The molecule has 0 atom stereocenters. The third-order valence-electron chi connectivity index (χ3n) is 4.50. The van der Waals surface area contributed by atoms with Crippen LogP contribution in [-0.2, 0) is 21.2 Å². The number of imidazole rings is 1. The number of aromatic nitrogens is 2. The summed E-state index contributed by atoms with van der Waals surface area (Å²) >= 11 is 4.83. The van der Waals surface area contributed by atoms with E-state index in [4.69, 9.17) is 0 Å². The molecule has 0 saturated carbocycles. The molecular weight excluding hydrogens is 452 g/mol. The van der Waals surface area contributed by atoms with Crippen LogP contribution in [0.25, 0.3) is 4.96 Å². The van der Waals surface area contributed by atoms with Gasteiger partial charge in [0.25, 0.3) is 0 Å². The van der Waals surface area contributed by atoms with Crippen molar-refractivity contribution in [2.24, 2.45) is 0 Å². The lowest BCUT2D eigenvalue weighted by molar-refractivity contribution is -0.131. The number of carbonyl (C=O) groups is 1. The highest BCUT2D eigenvalue weighted by Crippen LogP contribution is 2.21. The highest BCUT2D eigenvalue weighted by molar-refractivity contribution is 9.10. The van der Waals surface area contributed by atoms with Crippen molar-refractivity contribution in [1.82, 2.24) is 18.6 Å². The Labute approximate surface area is 169 Å². The third-order valence-corrected chi connectivity index (χ3v) is 7.66. The minimum atomic E-state index is -3.55. The second-order valence-electron chi connectivity index (χ2n) is 6.24. The number of amides is 1. The molecule has 1 amide bonds. The second kappa shape index (κ2) is 7.34. The summed E-state index contributed by atoms with van der Waals surface area (Å²) in [6, 6.07) is 6.67. The Hall–Kier alpha value is -1.75. The smallest absolute Gasteiger partial charge is 0.243 e. The average molecular weight is 469 g/mol. The molecule has 1 saturated heterocycles. The van der Waals surface area contributed by atoms with Crippen LogP contribution in [-0.4, -0.2) is 59.1 Å². The number of fused-ring (bicyclic) bond motifs is 1. The van der Waals surface area contributed by atoms with Crippen LogP contribution in [0.15, 0.2) is 51.4 Å². The van der Waals surface area contributed by atoms with Gasteiger partial charge >= 0.3 is 0 Å². The molecule has 4 rings (SSSR count). The molecular formula is C17H17BrN4O3S2. The van der Waals surface area contributed by atoms with Gasteiger partial charge in [-0.15, -0.1) is 11.3 Å². The standard InChI is InChI=1S/C17H17BrN4O3S2/c18-13-2-1-3-15(10-13)27(24,25)22-6-4-20(5-7-22)16(23)11-14-12-21-8-9-26-17(21)19-14/h1-3,8-10,12H,4-7,11H2. The van der Waals surface area contributed by atoms with E-state index in [-0.39, 0.29) is 17.2 Å². The van der Waals surface area contributed by atoms with E-state index in [0.717, 1.165) is 15.1 Å². The number of carbonyl (C=O) groups excluding carboxylic acids is 1. The minimum absolute atomic E-state index is 0.0275. The lowest BCUT2D eigenvalue weighted by Crippen LogP contribution is -2.50. The van der Waals surface area contributed by atoms with Gasteiger partial charge in [0.1, 0.15) is 0 Å². The van der Waals surface area contributed by atoms with Gasteiger partial charge in [0, 0.05) is 48.4 Å². The van der Waals surface area contributed by atoms with Crippen molar-refractivity contribution in [2.45, 2.75) is 11.3 Å². The Bertz CT molecular complexity index is 1060. The first kappa shape index (κ1) is 18.6. The van der Waals surface area contributed by atoms with Gasteiger partial charge in [-0.3, -0.25) is 9.20 Å². The molecule has 0 N–H and O–H groups in total. The Morgan fingerprint density at radius 3 is 2.70 bits per heavy atom. The SMILES string of the molecule is O=C(Cc1cn2ccsc2n1)N1CCN(S(=O)(=O)c2cccc(Br)c2)CC1. The molecule has 7 nitrogen and oxygen atoms in total. The summed E-state index contributed by atoms with van der Waals surface area (Å²) in [7, 11) is -3.55. The number of piperazine rings is 1. The van der Waals surface area contributed by atoms with Crippen molar-refractivity contribution < 1.29 is 13.2 Å². The number of benzene rings is 1. The quantitative estimate of drug-likeness (QED) is 0.588. The summed E-state index contributed by atoms with van der Waals surface area (Å²) in [6.45, 7) is 1.35. The summed E-state index contributed by atoms with van der Waals surface area (Å²) < 4.78 is 29.6. The van der Waals surface area contributed by atoms with Crippen molar-refractivity contribution in [1.29, 1.82) is 0 Å². The van der Waals surface area contributed by atoms with E-state index in [1.165, 1.54) is 15.6 Å².